The van der Waals surface area contributed by atoms with Crippen molar-refractivity contribution in [2.45, 2.75) is 13.5 Å². The van der Waals surface area contributed by atoms with Gasteiger partial charge in [0.1, 0.15) is 0 Å². The zero-order chi connectivity index (χ0) is 10.6. The Kier molecular flexibility index (Phi) is 3.45. The lowest BCUT2D eigenvalue weighted by molar-refractivity contribution is 0.131. The van der Waals surface area contributed by atoms with Crippen molar-refractivity contribution in [2.75, 3.05) is 14.2 Å². The van der Waals surface area contributed by atoms with E-state index in [1.807, 2.05) is 19.1 Å². The predicted molar refractivity (Wildman–Crippen MR) is 52.8 cm³/mol. The number of rotatable bonds is 2. The number of methoxy groups -OCH3 is 1. The molecule has 0 N–H and O–H groups in total. The van der Waals surface area contributed by atoms with Crippen LogP contribution in [0.2, 0.25) is 0 Å². The lowest BCUT2D eigenvalue weighted by atomic mass is 10.2. The molecule has 0 fully saturated rings. The smallest absolute Gasteiger partial charge is 0.409 e. The second kappa shape index (κ2) is 4.60. The zero-order valence-corrected chi connectivity index (χ0v) is 8.65. The number of carbonyl (C=O) groups excluding carboxylic acids is 1. The largest absolute Gasteiger partial charge is 0.453 e. The molecule has 1 rings (SSSR count). The SMILES string of the molecule is COC(=O)N(C)Cc1cc(C)ccn1. The van der Waals surface area contributed by atoms with Gasteiger partial charge < -0.3 is 9.64 Å². The number of carbonyl (C=O) groups is 1. The molecule has 0 unspecified atom stereocenters. The van der Waals surface area contributed by atoms with E-state index >= 15 is 0 Å². The fourth-order valence-corrected chi connectivity index (χ4v) is 1.15. The second-order valence-corrected chi connectivity index (χ2v) is 3.15. The van der Waals surface area contributed by atoms with Gasteiger partial charge in [-0.1, -0.05) is 0 Å². The van der Waals surface area contributed by atoms with Crippen molar-refractivity contribution in [1.29, 1.82) is 0 Å². The molecule has 0 saturated heterocycles. The molecule has 0 saturated carbocycles. The molecule has 1 amide bonds. The Labute approximate surface area is 83.5 Å². The third-order valence-corrected chi connectivity index (χ3v) is 1.86. The molecule has 4 nitrogen and oxygen atoms in total. The van der Waals surface area contributed by atoms with Crippen LogP contribution in [0.1, 0.15) is 11.3 Å². The molecule has 0 spiro atoms. The molecule has 0 aliphatic heterocycles. The fourth-order valence-electron chi connectivity index (χ4n) is 1.15. The molecule has 14 heavy (non-hydrogen) atoms. The van der Waals surface area contributed by atoms with E-state index in [2.05, 4.69) is 9.72 Å². The molecule has 0 radical (unpaired) electrons. The molecule has 0 aliphatic rings. The van der Waals surface area contributed by atoms with Gasteiger partial charge in [0.25, 0.3) is 0 Å². The molecule has 1 aromatic heterocycles. The van der Waals surface area contributed by atoms with Gasteiger partial charge in [0.15, 0.2) is 0 Å². The minimum atomic E-state index is -0.353. The predicted octanol–water partition coefficient (Wildman–Crippen LogP) is 1.59. The first-order chi connectivity index (χ1) is 6.63. The van der Waals surface area contributed by atoms with Gasteiger partial charge in [0.2, 0.25) is 0 Å². The number of aryl methyl sites for hydroxylation is 1. The summed E-state index contributed by atoms with van der Waals surface area (Å²) in [6.07, 6.45) is 1.38. The van der Waals surface area contributed by atoms with Crippen LogP contribution < -0.4 is 0 Å². The van der Waals surface area contributed by atoms with Gasteiger partial charge in [-0.2, -0.15) is 0 Å². The van der Waals surface area contributed by atoms with Crippen molar-refractivity contribution in [3.05, 3.63) is 29.6 Å². The molecule has 0 bridgehead atoms. The first-order valence-electron chi connectivity index (χ1n) is 4.34. The molecular weight excluding hydrogens is 180 g/mol. The van der Waals surface area contributed by atoms with E-state index in [9.17, 15) is 4.79 Å². The van der Waals surface area contributed by atoms with E-state index < -0.39 is 0 Å². The van der Waals surface area contributed by atoms with Gasteiger partial charge in [-0.15, -0.1) is 0 Å². The van der Waals surface area contributed by atoms with Gasteiger partial charge >= 0.3 is 6.09 Å². The van der Waals surface area contributed by atoms with Crippen LogP contribution in [0.5, 0.6) is 0 Å². The number of aromatic nitrogens is 1. The standard InChI is InChI=1S/C10H14N2O2/c1-8-4-5-11-9(6-8)7-12(2)10(13)14-3/h4-6H,7H2,1-3H3. The summed E-state index contributed by atoms with van der Waals surface area (Å²) >= 11 is 0. The van der Waals surface area contributed by atoms with Crippen molar-refractivity contribution in [1.82, 2.24) is 9.88 Å². The van der Waals surface area contributed by atoms with E-state index in [-0.39, 0.29) is 6.09 Å². The number of hydrogen-bond donors (Lipinski definition) is 0. The Morgan fingerprint density at radius 3 is 2.93 bits per heavy atom. The average molecular weight is 194 g/mol. The quantitative estimate of drug-likeness (QED) is 0.718. The van der Waals surface area contributed by atoms with E-state index in [1.165, 1.54) is 12.0 Å². The number of amides is 1. The Bertz CT molecular complexity index is 326. The minimum absolute atomic E-state index is 0.353. The highest BCUT2D eigenvalue weighted by atomic mass is 16.5. The van der Waals surface area contributed by atoms with Crippen LogP contribution in [0.4, 0.5) is 4.79 Å². The van der Waals surface area contributed by atoms with Crippen LogP contribution in [0.25, 0.3) is 0 Å². The summed E-state index contributed by atoms with van der Waals surface area (Å²) in [5.74, 6) is 0. The zero-order valence-electron chi connectivity index (χ0n) is 8.65. The van der Waals surface area contributed by atoms with Gasteiger partial charge in [-0.05, 0) is 24.6 Å². The fraction of sp³-hybridized carbons (Fsp3) is 0.400. The molecule has 4 heteroatoms. The Morgan fingerprint density at radius 2 is 2.36 bits per heavy atom. The van der Waals surface area contributed by atoms with Gasteiger partial charge in [0.05, 0.1) is 19.3 Å². The van der Waals surface area contributed by atoms with Gasteiger partial charge in [0, 0.05) is 13.2 Å². The van der Waals surface area contributed by atoms with Crippen molar-refractivity contribution < 1.29 is 9.53 Å². The average Bonchev–Trinajstić information content (AvgIpc) is 2.16. The summed E-state index contributed by atoms with van der Waals surface area (Å²) < 4.78 is 4.57. The number of nitrogens with zero attached hydrogens (tertiary/aromatic N) is 2. The van der Waals surface area contributed by atoms with Crippen LogP contribution in [-0.4, -0.2) is 30.1 Å². The maximum Gasteiger partial charge on any atom is 0.409 e. The third-order valence-electron chi connectivity index (χ3n) is 1.86. The molecular formula is C10H14N2O2. The summed E-state index contributed by atoms with van der Waals surface area (Å²) in [6, 6.07) is 3.86. The molecule has 76 valence electrons. The summed E-state index contributed by atoms with van der Waals surface area (Å²) in [7, 11) is 3.04. The molecule has 0 aliphatic carbocycles. The van der Waals surface area contributed by atoms with Crippen LogP contribution in [0.15, 0.2) is 18.3 Å². The van der Waals surface area contributed by atoms with Crippen molar-refractivity contribution >= 4 is 6.09 Å². The first kappa shape index (κ1) is 10.5. The monoisotopic (exact) mass is 194 g/mol. The number of pyridine rings is 1. The lowest BCUT2D eigenvalue weighted by Crippen LogP contribution is -2.26. The van der Waals surface area contributed by atoms with E-state index in [0.717, 1.165) is 11.3 Å². The number of ether oxygens (including phenoxy) is 1. The Hall–Kier alpha value is -1.58. The summed E-state index contributed by atoms with van der Waals surface area (Å²) in [5, 5.41) is 0. The summed E-state index contributed by atoms with van der Waals surface area (Å²) in [5.41, 5.74) is 1.99. The van der Waals surface area contributed by atoms with Crippen molar-refractivity contribution in [3.63, 3.8) is 0 Å². The highest BCUT2D eigenvalue weighted by Crippen LogP contribution is 2.03. The Balaban J connectivity index is 2.64. The second-order valence-electron chi connectivity index (χ2n) is 3.15. The summed E-state index contributed by atoms with van der Waals surface area (Å²) in [4.78, 5) is 16.7. The molecule has 0 atom stereocenters. The molecule has 0 aromatic carbocycles. The summed E-state index contributed by atoms with van der Waals surface area (Å²) in [6.45, 7) is 2.46. The maximum atomic E-state index is 11.1. The van der Waals surface area contributed by atoms with Crippen molar-refractivity contribution in [2.24, 2.45) is 0 Å². The van der Waals surface area contributed by atoms with E-state index in [4.69, 9.17) is 0 Å². The topological polar surface area (TPSA) is 42.4 Å². The maximum absolute atomic E-state index is 11.1. The normalized spacial score (nSPS) is 9.64. The highest BCUT2D eigenvalue weighted by Gasteiger charge is 2.08. The van der Waals surface area contributed by atoms with E-state index in [1.54, 1.807) is 13.2 Å². The molecule has 1 aromatic rings. The first-order valence-corrected chi connectivity index (χ1v) is 4.34. The van der Waals surface area contributed by atoms with Crippen LogP contribution in [-0.2, 0) is 11.3 Å². The van der Waals surface area contributed by atoms with E-state index in [0.29, 0.717) is 6.54 Å². The lowest BCUT2D eigenvalue weighted by Gasteiger charge is -2.14. The van der Waals surface area contributed by atoms with Gasteiger partial charge in [-0.3, -0.25) is 4.98 Å². The molecule has 1 heterocycles. The number of hydrogen-bond acceptors (Lipinski definition) is 3. The van der Waals surface area contributed by atoms with Gasteiger partial charge in [-0.25, -0.2) is 4.79 Å². The van der Waals surface area contributed by atoms with Crippen LogP contribution in [0, 0.1) is 6.92 Å². The van der Waals surface area contributed by atoms with Crippen molar-refractivity contribution in [3.8, 4) is 0 Å². The highest BCUT2D eigenvalue weighted by molar-refractivity contribution is 5.66. The third kappa shape index (κ3) is 2.73. The Morgan fingerprint density at radius 1 is 1.64 bits per heavy atom. The minimum Gasteiger partial charge on any atom is -0.453 e. The van der Waals surface area contributed by atoms with Crippen LogP contribution >= 0.6 is 0 Å². The van der Waals surface area contributed by atoms with Crippen LogP contribution in [0.3, 0.4) is 0 Å².